The molecule has 0 unspecified atom stereocenters. The molecule has 7 nitrogen and oxygen atoms in total. The molecule has 3 aromatic rings. The van der Waals surface area contributed by atoms with Crippen molar-refractivity contribution in [1.29, 1.82) is 0 Å². The second-order valence-electron chi connectivity index (χ2n) is 8.30. The van der Waals surface area contributed by atoms with Gasteiger partial charge in [0.15, 0.2) is 0 Å². The van der Waals surface area contributed by atoms with Crippen LogP contribution < -0.4 is 9.64 Å². The van der Waals surface area contributed by atoms with Gasteiger partial charge in [-0.05, 0) is 55.2 Å². The Kier molecular flexibility index (Phi) is 6.63. The van der Waals surface area contributed by atoms with Crippen LogP contribution in [0.2, 0.25) is 0 Å². The fourth-order valence-electron chi connectivity index (χ4n) is 4.24. The van der Waals surface area contributed by atoms with Gasteiger partial charge in [-0.3, -0.25) is 9.78 Å². The number of anilines is 1. The van der Waals surface area contributed by atoms with Gasteiger partial charge in [-0.1, -0.05) is 19.1 Å². The van der Waals surface area contributed by atoms with E-state index in [9.17, 15) is 31.5 Å². The smallest absolute Gasteiger partial charge is 0.481 e. The van der Waals surface area contributed by atoms with E-state index in [0.717, 1.165) is 24.1 Å². The van der Waals surface area contributed by atoms with Crippen LogP contribution in [-0.4, -0.2) is 43.9 Å². The Hall–Kier alpha value is -3.34. The van der Waals surface area contributed by atoms with Gasteiger partial charge in [0, 0.05) is 24.7 Å². The second-order valence-corrected chi connectivity index (χ2v) is 10.2. The highest BCUT2D eigenvalue weighted by molar-refractivity contribution is 7.91. The molecule has 1 aliphatic rings. The lowest BCUT2D eigenvalue weighted by Crippen LogP contribution is -2.37. The summed E-state index contributed by atoms with van der Waals surface area (Å²) in [6.07, 6.45) is -2.46. The standard InChI is InChI=1S/C24H23F3N2O5S/c1-2-15-3-6-18(7-4-15)35(32,33)21-14-28-20-8-5-17(34-24(25,26)27)13-19(20)22(21)29-11-9-16(10-12-29)23(30)31/h3-8,13-14,16H,2,9-12H2,1H3,(H,30,31). The SMILES string of the molecule is CCc1ccc(S(=O)(=O)c2cnc3ccc(OC(F)(F)F)cc3c2N2CCC(C(=O)O)CC2)cc1. The number of ether oxygens (including phenoxy) is 1. The fraction of sp³-hybridized carbons (Fsp3) is 0.333. The maximum atomic E-state index is 13.7. The number of piperidine rings is 1. The first-order valence-electron chi connectivity index (χ1n) is 11.0. The molecule has 0 amide bonds. The van der Waals surface area contributed by atoms with Crippen molar-refractivity contribution in [3.8, 4) is 5.75 Å². The maximum Gasteiger partial charge on any atom is 0.573 e. The lowest BCUT2D eigenvalue weighted by Gasteiger charge is -2.34. The van der Waals surface area contributed by atoms with E-state index in [2.05, 4.69) is 9.72 Å². The van der Waals surface area contributed by atoms with Crippen LogP contribution in [0.25, 0.3) is 10.9 Å². The summed E-state index contributed by atoms with van der Waals surface area (Å²) in [5.41, 5.74) is 1.42. The number of rotatable bonds is 6. The molecular weight excluding hydrogens is 485 g/mol. The van der Waals surface area contributed by atoms with Crippen molar-refractivity contribution in [3.63, 3.8) is 0 Å². The van der Waals surface area contributed by atoms with Crippen molar-refractivity contribution in [2.45, 2.75) is 42.3 Å². The quantitative estimate of drug-likeness (QED) is 0.509. The van der Waals surface area contributed by atoms with Gasteiger partial charge in [0.2, 0.25) is 9.84 Å². The third kappa shape index (κ3) is 5.19. The predicted octanol–water partition coefficient (Wildman–Crippen LogP) is 4.83. The number of benzene rings is 2. The number of pyridine rings is 1. The number of carbonyl (C=O) groups is 1. The largest absolute Gasteiger partial charge is 0.573 e. The highest BCUT2D eigenvalue weighted by atomic mass is 32.2. The van der Waals surface area contributed by atoms with E-state index >= 15 is 0 Å². The molecule has 2 aromatic carbocycles. The average Bonchev–Trinajstić information content (AvgIpc) is 2.82. The molecular formula is C24H23F3N2O5S. The molecule has 0 aliphatic carbocycles. The number of nitrogens with zero attached hydrogens (tertiary/aromatic N) is 2. The number of aryl methyl sites for hydroxylation is 1. The first kappa shape index (κ1) is 24.8. The Labute approximate surface area is 200 Å². The Balaban J connectivity index is 1.88. The van der Waals surface area contributed by atoms with E-state index in [0.29, 0.717) is 0 Å². The molecule has 1 aliphatic heterocycles. The van der Waals surface area contributed by atoms with Crippen molar-refractivity contribution < 1.29 is 36.2 Å². The van der Waals surface area contributed by atoms with E-state index < -0.39 is 33.8 Å². The summed E-state index contributed by atoms with van der Waals surface area (Å²) in [5, 5.41) is 9.51. The molecule has 1 saturated heterocycles. The van der Waals surface area contributed by atoms with Crippen LogP contribution in [0, 0.1) is 5.92 Å². The average molecular weight is 509 g/mol. The minimum Gasteiger partial charge on any atom is -0.481 e. The number of halogens is 3. The predicted molar refractivity (Wildman–Crippen MR) is 122 cm³/mol. The second kappa shape index (κ2) is 9.37. The summed E-state index contributed by atoms with van der Waals surface area (Å²) in [4.78, 5) is 17.2. The van der Waals surface area contributed by atoms with E-state index in [1.54, 1.807) is 17.0 Å². The maximum absolute atomic E-state index is 13.7. The van der Waals surface area contributed by atoms with Crippen LogP contribution >= 0.6 is 0 Å². The third-order valence-electron chi connectivity index (χ3n) is 6.10. The van der Waals surface area contributed by atoms with Crippen LogP contribution in [0.15, 0.2) is 58.5 Å². The van der Waals surface area contributed by atoms with Gasteiger partial charge in [0.25, 0.3) is 0 Å². The highest BCUT2D eigenvalue weighted by Gasteiger charge is 2.33. The number of aromatic nitrogens is 1. The first-order chi connectivity index (χ1) is 16.5. The number of alkyl halides is 3. The van der Waals surface area contributed by atoms with Crippen molar-refractivity contribution >= 4 is 32.4 Å². The van der Waals surface area contributed by atoms with E-state index in [-0.39, 0.29) is 52.3 Å². The summed E-state index contributed by atoms with van der Waals surface area (Å²) in [6, 6.07) is 9.94. The molecule has 4 rings (SSSR count). The number of carboxylic acid groups (broad SMARTS) is 1. The van der Waals surface area contributed by atoms with Crippen molar-refractivity contribution in [1.82, 2.24) is 4.98 Å². The van der Waals surface area contributed by atoms with Crippen molar-refractivity contribution in [2.75, 3.05) is 18.0 Å². The topological polar surface area (TPSA) is 96.8 Å². The molecule has 1 aromatic heterocycles. The van der Waals surface area contributed by atoms with Gasteiger partial charge in [-0.25, -0.2) is 8.42 Å². The Morgan fingerprint density at radius 1 is 1.14 bits per heavy atom. The lowest BCUT2D eigenvalue weighted by molar-refractivity contribution is -0.274. The Morgan fingerprint density at radius 3 is 2.37 bits per heavy atom. The summed E-state index contributed by atoms with van der Waals surface area (Å²) in [5.74, 6) is -2.02. The Bertz CT molecular complexity index is 1350. The number of aliphatic carboxylic acids is 1. The van der Waals surface area contributed by atoms with Crippen LogP contribution in [0.1, 0.15) is 25.3 Å². The van der Waals surface area contributed by atoms with Crippen molar-refractivity contribution in [2.24, 2.45) is 5.92 Å². The molecule has 0 radical (unpaired) electrons. The first-order valence-corrected chi connectivity index (χ1v) is 12.5. The minimum atomic E-state index is -4.92. The van der Waals surface area contributed by atoms with Gasteiger partial charge in [0.05, 0.1) is 22.0 Å². The minimum absolute atomic E-state index is 0.0280. The number of hydrogen-bond donors (Lipinski definition) is 1. The summed E-state index contributed by atoms with van der Waals surface area (Å²) in [6.45, 7) is 2.38. The van der Waals surface area contributed by atoms with E-state index in [1.165, 1.54) is 24.4 Å². The van der Waals surface area contributed by atoms with Gasteiger partial charge in [-0.15, -0.1) is 13.2 Å². The highest BCUT2D eigenvalue weighted by Crippen LogP contribution is 2.39. The summed E-state index contributed by atoms with van der Waals surface area (Å²) in [7, 11) is -4.10. The van der Waals surface area contributed by atoms with Gasteiger partial charge in [-0.2, -0.15) is 0 Å². The Morgan fingerprint density at radius 2 is 1.80 bits per heavy atom. The third-order valence-corrected chi connectivity index (χ3v) is 7.87. The molecule has 1 N–H and O–H groups in total. The molecule has 2 heterocycles. The van der Waals surface area contributed by atoms with Gasteiger partial charge >= 0.3 is 12.3 Å². The zero-order valence-corrected chi connectivity index (χ0v) is 19.6. The number of hydrogen-bond acceptors (Lipinski definition) is 6. The number of fused-ring (bicyclic) bond motifs is 1. The molecule has 35 heavy (non-hydrogen) atoms. The summed E-state index contributed by atoms with van der Waals surface area (Å²) < 4.78 is 70.0. The number of sulfone groups is 1. The van der Waals surface area contributed by atoms with Crippen LogP contribution in [-0.2, 0) is 21.1 Å². The lowest BCUT2D eigenvalue weighted by atomic mass is 9.96. The zero-order valence-electron chi connectivity index (χ0n) is 18.7. The molecule has 0 saturated carbocycles. The summed E-state index contributed by atoms with van der Waals surface area (Å²) >= 11 is 0. The van der Waals surface area contributed by atoms with Gasteiger partial charge < -0.3 is 14.7 Å². The number of carboxylic acids is 1. The van der Waals surface area contributed by atoms with Crippen molar-refractivity contribution in [3.05, 3.63) is 54.2 Å². The molecule has 0 atom stereocenters. The van der Waals surface area contributed by atoms with Crippen LogP contribution in [0.5, 0.6) is 5.75 Å². The molecule has 0 spiro atoms. The molecule has 186 valence electrons. The molecule has 1 fully saturated rings. The monoisotopic (exact) mass is 508 g/mol. The fourth-order valence-corrected chi connectivity index (χ4v) is 5.67. The normalized spacial score (nSPS) is 15.4. The van der Waals surface area contributed by atoms with E-state index in [4.69, 9.17) is 0 Å². The van der Waals surface area contributed by atoms with Crippen LogP contribution in [0.3, 0.4) is 0 Å². The van der Waals surface area contributed by atoms with E-state index in [1.807, 2.05) is 6.92 Å². The zero-order chi connectivity index (χ0) is 25.4. The van der Waals surface area contributed by atoms with Gasteiger partial charge in [0.1, 0.15) is 10.6 Å². The van der Waals surface area contributed by atoms with Crippen LogP contribution in [0.4, 0.5) is 18.9 Å². The molecule has 0 bridgehead atoms. The molecule has 11 heteroatoms.